The predicted octanol–water partition coefficient (Wildman–Crippen LogP) is 3.14. The molecule has 2 nitrogen and oxygen atoms in total. The Hall–Kier alpha value is -0.458. The Morgan fingerprint density at radius 3 is 1.27 bits per heavy atom. The maximum atomic E-state index is 4.81. The van der Waals surface area contributed by atoms with Crippen molar-refractivity contribution in [1.29, 1.82) is 0 Å². The topological polar surface area (TPSA) is 25.8 Å². The average Bonchev–Trinajstić information content (AvgIpc) is 2.35. The van der Waals surface area contributed by atoms with E-state index in [1.165, 1.54) is 0 Å². The summed E-state index contributed by atoms with van der Waals surface area (Å²) in [5.41, 5.74) is 0. The number of halogens is 2. The van der Waals surface area contributed by atoms with Gasteiger partial charge in [0.05, 0.1) is 0 Å². The van der Waals surface area contributed by atoms with Crippen molar-refractivity contribution in [3.05, 3.63) is 61.2 Å². The molecule has 15 heavy (non-hydrogen) atoms. The molecule has 0 atom stereocenters. The molecule has 2 aromatic rings. The maximum Gasteiger partial charge on any atom is -0.0813 e. The largest absolute Gasteiger partial charge is 0.394 e. The zero-order valence-electron chi connectivity index (χ0n) is 7.59. The normalized spacial score (nSPS) is 7.87. The molecule has 0 unspecified atom stereocenters. The van der Waals surface area contributed by atoms with Crippen molar-refractivity contribution in [2.75, 3.05) is 0 Å². The van der Waals surface area contributed by atoms with E-state index >= 15 is 0 Å². The van der Waals surface area contributed by atoms with Crippen molar-refractivity contribution < 1.29 is 15.9 Å². The number of pyridine rings is 2. The van der Waals surface area contributed by atoms with Gasteiger partial charge in [-0.3, -0.25) is 0 Å². The zero-order valence-corrected chi connectivity index (χ0v) is 10.7. The molecule has 0 radical (unpaired) electrons. The third-order valence-electron chi connectivity index (χ3n) is 1.03. The third-order valence-corrected chi connectivity index (χ3v) is 1.03. The van der Waals surface area contributed by atoms with E-state index in [2.05, 4.69) is 22.4 Å². The molecule has 0 aliphatic rings. The fourth-order valence-corrected chi connectivity index (χ4v) is 0.555. The second-order valence-electron chi connectivity index (χ2n) is 1.96. The first kappa shape index (κ1) is 14.5. The van der Waals surface area contributed by atoms with Gasteiger partial charge >= 0.3 is 35.0 Å². The Morgan fingerprint density at radius 2 is 1.20 bits per heavy atom. The van der Waals surface area contributed by atoms with Crippen LogP contribution in [0.3, 0.4) is 0 Å². The van der Waals surface area contributed by atoms with Crippen LogP contribution in [0, 0.1) is 12.4 Å². The van der Waals surface area contributed by atoms with Gasteiger partial charge in [0, 0.05) is 0 Å². The van der Waals surface area contributed by atoms with Gasteiger partial charge in [-0.1, -0.05) is 24.8 Å². The fraction of sp³-hybridized carbons (Fsp3) is 0. The van der Waals surface area contributed by atoms with Crippen LogP contribution in [0.15, 0.2) is 48.8 Å². The predicted molar refractivity (Wildman–Crippen MR) is 57.9 cm³/mol. The van der Waals surface area contributed by atoms with Crippen LogP contribution in [0.4, 0.5) is 0 Å². The van der Waals surface area contributed by atoms with Crippen LogP contribution in [0.5, 0.6) is 0 Å². The van der Waals surface area contributed by atoms with Gasteiger partial charge in [0.15, 0.2) is 0 Å². The molecule has 2 aromatic heterocycles. The van der Waals surface area contributed by atoms with Crippen molar-refractivity contribution in [2.45, 2.75) is 0 Å². The quantitative estimate of drug-likeness (QED) is 0.547. The zero-order chi connectivity index (χ0) is 11.2. The van der Waals surface area contributed by atoms with Crippen LogP contribution in [0.2, 0.25) is 0 Å². The molecule has 0 fully saturated rings. The molecule has 0 bridgehead atoms. The van der Waals surface area contributed by atoms with E-state index in [4.69, 9.17) is 19.1 Å². The Kier molecular flexibility index (Phi) is 13.1. The van der Waals surface area contributed by atoms with Crippen molar-refractivity contribution >= 4 is 19.1 Å². The summed E-state index contributed by atoms with van der Waals surface area (Å²) in [6.07, 6.45) is 8.67. The van der Waals surface area contributed by atoms with Gasteiger partial charge < -0.3 is 9.97 Å². The van der Waals surface area contributed by atoms with Gasteiger partial charge in [-0.25, -0.2) is 0 Å². The molecule has 2 heterocycles. The third kappa shape index (κ3) is 13.5. The molecule has 0 aromatic carbocycles. The van der Waals surface area contributed by atoms with Crippen LogP contribution >= 0.6 is 19.1 Å². The second kappa shape index (κ2) is 13.5. The van der Waals surface area contributed by atoms with E-state index in [9.17, 15) is 0 Å². The first-order chi connectivity index (χ1) is 7.41. The standard InChI is InChI=1S/2C5H4N.2ClH.Pd/c2*1-2-4-6-5-3-1;;;/h2*1-4H;2*1H;/q2*-1;;;+2/p-2. The van der Waals surface area contributed by atoms with Crippen LogP contribution in [-0.2, 0) is 15.9 Å². The van der Waals surface area contributed by atoms with E-state index in [-0.39, 0.29) is 15.9 Å². The minimum absolute atomic E-state index is 0.106. The minimum atomic E-state index is -0.106. The van der Waals surface area contributed by atoms with Crippen molar-refractivity contribution in [3.63, 3.8) is 0 Å². The average molecular weight is 334 g/mol. The van der Waals surface area contributed by atoms with Gasteiger partial charge in [-0.05, 0) is 0 Å². The van der Waals surface area contributed by atoms with Crippen LogP contribution in [-0.4, -0.2) is 9.97 Å². The SMILES string of the molecule is [Cl][Pd][Cl].[c-]1ccccn1.[c-]1ccccn1. The first-order valence-corrected chi connectivity index (χ1v) is 7.78. The van der Waals surface area contributed by atoms with Gasteiger partial charge in [-0.15, -0.1) is 0 Å². The van der Waals surface area contributed by atoms with Crippen molar-refractivity contribution in [1.82, 2.24) is 9.97 Å². The van der Waals surface area contributed by atoms with E-state index in [0.29, 0.717) is 0 Å². The number of nitrogens with zero attached hydrogens (tertiary/aromatic N) is 2. The van der Waals surface area contributed by atoms with Gasteiger partial charge in [0.25, 0.3) is 0 Å². The first-order valence-electron chi connectivity index (χ1n) is 3.78. The van der Waals surface area contributed by atoms with E-state index in [0.717, 1.165) is 0 Å². The summed E-state index contributed by atoms with van der Waals surface area (Å²) in [5.74, 6) is 0. The Bertz CT molecular complexity index is 210. The summed E-state index contributed by atoms with van der Waals surface area (Å²) in [5, 5.41) is 0. The summed E-state index contributed by atoms with van der Waals surface area (Å²) in [6.45, 7) is 0. The number of hydrogen-bond acceptors (Lipinski definition) is 2. The Morgan fingerprint density at radius 1 is 0.800 bits per heavy atom. The molecular formula is C10H8Cl2N2Pd-2. The molecule has 0 saturated heterocycles. The smallest absolute Gasteiger partial charge is 0.0813 e. The van der Waals surface area contributed by atoms with Crippen molar-refractivity contribution in [3.8, 4) is 0 Å². The number of hydrogen-bond donors (Lipinski definition) is 0. The van der Waals surface area contributed by atoms with Crippen LogP contribution in [0.25, 0.3) is 0 Å². The van der Waals surface area contributed by atoms with E-state index < -0.39 is 0 Å². The van der Waals surface area contributed by atoms with Gasteiger partial charge in [0.1, 0.15) is 0 Å². The maximum absolute atomic E-state index is 4.81. The number of aromatic nitrogens is 2. The molecule has 0 N–H and O–H groups in total. The Labute approximate surface area is 106 Å². The molecule has 84 valence electrons. The summed E-state index contributed by atoms with van der Waals surface area (Å²) in [6, 6.07) is 11.0. The van der Waals surface area contributed by atoms with Crippen LogP contribution < -0.4 is 0 Å². The summed E-state index contributed by atoms with van der Waals surface area (Å²) in [7, 11) is 9.63. The molecule has 2 rings (SSSR count). The van der Waals surface area contributed by atoms with Crippen molar-refractivity contribution in [2.24, 2.45) is 0 Å². The molecule has 0 amide bonds. The molecule has 0 spiro atoms. The molecule has 5 heteroatoms. The van der Waals surface area contributed by atoms with E-state index in [1.807, 2.05) is 24.3 Å². The molecule has 0 saturated carbocycles. The summed E-state index contributed by atoms with van der Waals surface area (Å²) >= 11 is -0.106. The fourth-order valence-electron chi connectivity index (χ4n) is 0.555. The summed E-state index contributed by atoms with van der Waals surface area (Å²) in [4.78, 5) is 7.32. The molecular weight excluding hydrogens is 325 g/mol. The Balaban J connectivity index is 0.000000210. The summed E-state index contributed by atoms with van der Waals surface area (Å²) < 4.78 is 0. The molecule has 0 aliphatic heterocycles. The monoisotopic (exact) mass is 332 g/mol. The molecule has 0 aliphatic carbocycles. The van der Waals surface area contributed by atoms with E-state index in [1.54, 1.807) is 24.5 Å². The van der Waals surface area contributed by atoms with Crippen LogP contribution in [0.1, 0.15) is 0 Å². The van der Waals surface area contributed by atoms with Gasteiger partial charge in [0.2, 0.25) is 0 Å². The number of rotatable bonds is 0. The minimum Gasteiger partial charge on any atom is -0.394 e. The van der Waals surface area contributed by atoms with Gasteiger partial charge in [-0.2, -0.15) is 36.4 Å². The second-order valence-corrected chi connectivity index (χ2v) is 4.32.